The summed E-state index contributed by atoms with van der Waals surface area (Å²) in [5.74, 6) is 1.00. The molecule has 2 aliphatic rings. The van der Waals surface area contributed by atoms with E-state index in [-0.39, 0.29) is 0 Å². The number of aromatic nitrogens is 2. The molecule has 2 aliphatic heterocycles. The summed E-state index contributed by atoms with van der Waals surface area (Å²) in [7, 11) is 0. The van der Waals surface area contributed by atoms with Crippen molar-refractivity contribution in [1.82, 2.24) is 14.9 Å². The minimum atomic E-state index is 0.502. The Morgan fingerprint density at radius 2 is 1.96 bits per heavy atom. The average Bonchev–Trinajstić information content (AvgIpc) is 3.28. The predicted octanol–water partition coefficient (Wildman–Crippen LogP) is 4.40. The number of nitrogens with zero attached hydrogens (tertiary/aromatic N) is 3. The van der Waals surface area contributed by atoms with Crippen LogP contribution >= 0.6 is 11.3 Å². The van der Waals surface area contributed by atoms with Crippen LogP contribution in [0.5, 0.6) is 0 Å². The summed E-state index contributed by atoms with van der Waals surface area (Å²) in [6, 6.07) is 11.7. The quantitative estimate of drug-likeness (QED) is 0.760. The molecule has 2 atom stereocenters. The van der Waals surface area contributed by atoms with E-state index < -0.39 is 0 Å². The molecular formula is C20H22N4S. The lowest BCUT2D eigenvalue weighted by molar-refractivity contribution is 0.192. The van der Waals surface area contributed by atoms with Gasteiger partial charge < -0.3 is 5.32 Å². The number of fused-ring (bicyclic) bond motifs is 2. The van der Waals surface area contributed by atoms with E-state index in [9.17, 15) is 0 Å². The Morgan fingerprint density at radius 1 is 1.04 bits per heavy atom. The van der Waals surface area contributed by atoms with Gasteiger partial charge in [0, 0.05) is 29.6 Å². The molecule has 4 nitrogen and oxygen atoms in total. The number of nitrogens with one attached hydrogen (secondary N) is 1. The molecule has 25 heavy (non-hydrogen) atoms. The zero-order valence-electron chi connectivity index (χ0n) is 14.2. The first kappa shape index (κ1) is 15.3. The zero-order chi connectivity index (χ0) is 16.6. The maximum absolute atomic E-state index is 4.63. The number of hydrogen-bond donors (Lipinski definition) is 1. The molecule has 3 aromatic rings. The number of benzene rings is 1. The summed E-state index contributed by atoms with van der Waals surface area (Å²) in [6.07, 6.45) is 6.92. The predicted molar refractivity (Wildman–Crippen MR) is 104 cm³/mol. The summed E-state index contributed by atoms with van der Waals surface area (Å²) in [6.45, 7) is 2.47. The Kier molecular flexibility index (Phi) is 3.91. The molecule has 2 aromatic heterocycles. The summed E-state index contributed by atoms with van der Waals surface area (Å²) < 4.78 is 0. The monoisotopic (exact) mass is 350 g/mol. The number of anilines is 1. The number of rotatable bonds is 3. The van der Waals surface area contributed by atoms with Crippen LogP contribution < -0.4 is 5.32 Å². The average molecular weight is 350 g/mol. The molecule has 2 saturated heterocycles. The third-order valence-corrected chi connectivity index (χ3v) is 6.52. The molecule has 0 bridgehead atoms. The van der Waals surface area contributed by atoms with E-state index >= 15 is 0 Å². The van der Waals surface area contributed by atoms with Gasteiger partial charge in [-0.05, 0) is 31.4 Å². The summed E-state index contributed by atoms with van der Waals surface area (Å²) in [4.78, 5) is 12.9. The van der Waals surface area contributed by atoms with Crippen LogP contribution in [0.2, 0.25) is 0 Å². The van der Waals surface area contributed by atoms with Crippen molar-refractivity contribution >= 4 is 27.4 Å². The van der Waals surface area contributed by atoms with E-state index in [2.05, 4.69) is 55.9 Å². The molecular weight excluding hydrogens is 328 g/mol. The number of hydrogen-bond acceptors (Lipinski definition) is 5. The van der Waals surface area contributed by atoms with Crippen LogP contribution in [0.1, 0.15) is 25.7 Å². The molecule has 5 rings (SSSR count). The van der Waals surface area contributed by atoms with Crippen LogP contribution in [0.4, 0.5) is 5.82 Å². The van der Waals surface area contributed by atoms with Gasteiger partial charge >= 0.3 is 0 Å². The van der Waals surface area contributed by atoms with Crippen LogP contribution in [0.3, 0.4) is 0 Å². The molecule has 0 aliphatic carbocycles. The lowest BCUT2D eigenvalue weighted by Gasteiger charge is -2.32. The fourth-order valence-electron chi connectivity index (χ4n) is 4.41. The van der Waals surface area contributed by atoms with E-state index in [0.29, 0.717) is 12.1 Å². The smallest absolute Gasteiger partial charge is 0.139 e. The summed E-state index contributed by atoms with van der Waals surface area (Å²) in [5.41, 5.74) is 2.47. The van der Waals surface area contributed by atoms with Gasteiger partial charge in [-0.2, -0.15) is 0 Å². The van der Waals surface area contributed by atoms with Crippen LogP contribution in [0.15, 0.2) is 42.0 Å². The molecule has 1 aromatic carbocycles. The fraction of sp³-hybridized carbons (Fsp3) is 0.400. The van der Waals surface area contributed by atoms with Gasteiger partial charge in [0.2, 0.25) is 0 Å². The van der Waals surface area contributed by atoms with Crippen molar-refractivity contribution in [3.8, 4) is 11.1 Å². The van der Waals surface area contributed by atoms with Crippen LogP contribution in [0, 0.1) is 0 Å². The standard InChI is InChI=1S/C20H22N4S/c1-2-6-14(7-3-1)15-12-25-20-18(15)19(21-13-22-20)23-16-9-11-24-10-5-4-8-17(16)24/h1-3,6-7,12-13,16-17H,4-5,8-11H2,(H,21,22,23)/t16-,17-/m1/s1. The highest BCUT2D eigenvalue weighted by Crippen LogP contribution is 2.38. The number of thiophene rings is 1. The largest absolute Gasteiger partial charge is 0.365 e. The summed E-state index contributed by atoms with van der Waals surface area (Å²) in [5, 5.41) is 7.18. The van der Waals surface area contributed by atoms with Gasteiger partial charge in [0.15, 0.2) is 0 Å². The van der Waals surface area contributed by atoms with Crippen LogP contribution in [0.25, 0.3) is 21.3 Å². The highest BCUT2D eigenvalue weighted by molar-refractivity contribution is 7.17. The second-order valence-electron chi connectivity index (χ2n) is 7.06. The third kappa shape index (κ3) is 2.71. The van der Waals surface area contributed by atoms with Crippen molar-refractivity contribution in [2.24, 2.45) is 0 Å². The second kappa shape index (κ2) is 6.39. The van der Waals surface area contributed by atoms with Gasteiger partial charge in [-0.15, -0.1) is 11.3 Å². The van der Waals surface area contributed by atoms with E-state index in [0.717, 1.165) is 10.6 Å². The zero-order valence-corrected chi connectivity index (χ0v) is 15.0. The number of piperidine rings is 1. The maximum atomic E-state index is 4.63. The van der Waals surface area contributed by atoms with E-state index in [1.54, 1.807) is 17.7 Å². The van der Waals surface area contributed by atoms with Crippen molar-refractivity contribution < 1.29 is 0 Å². The van der Waals surface area contributed by atoms with Crippen molar-refractivity contribution in [2.45, 2.75) is 37.8 Å². The normalized spacial score (nSPS) is 23.7. The molecule has 5 heteroatoms. The first-order chi connectivity index (χ1) is 12.4. The molecule has 0 radical (unpaired) electrons. The maximum Gasteiger partial charge on any atom is 0.139 e. The summed E-state index contributed by atoms with van der Waals surface area (Å²) >= 11 is 1.70. The van der Waals surface area contributed by atoms with Gasteiger partial charge in [-0.25, -0.2) is 9.97 Å². The lowest BCUT2D eigenvalue weighted by atomic mass is 9.99. The van der Waals surface area contributed by atoms with Gasteiger partial charge in [0.05, 0.1) is 5.39 Å². The van der Waals surface area contributed by atoms with Gasteiger partial charge in [-0.3, -0.25) is 4.90 Å². The van der Waals surface area contributed by atoms with E-state index in [1.165, 1.54) is 55.3 Å². The Labute approximate surface area is 151 Å². The highest BCUT2D eigenvalue weighted by atomic mass is 32.1. The topological polar surface area (TPSA) is 41.1 Å². The third-order valence-electron chi connectivity index (χ3n) is 5.63. The van der Waals surface area contributed by atoms with Gasteiger partial charge in [-0.1, -0.05) is 36.8 Å². The highest BCUT2D eigenvalue weighted by Gasteiger charge is 2.35. The Balaban J connectivity index is 1.52. The van der Waals surface area contributed by atoms with Gasteiger partial charge in [0.1, 0.15) is 17.0 Å². The molecule has 0 spiro atoms. The van der Waals surface area contributed by atoms with Crippen molar-refractivity contribution in [1.29, 1.82) is 0 Å². The minimum Gasteiger partial charge on any atom is -0.365 e. The molecule has 4 heterocycles. The van der Waals surface area contributed by atoms with Crippen molar-refractivity contribution in [3.63, 3.8) is 0 Å². The molecule has 2 fully saturated rings. The van der Waals surface area contributed by atoms with E-state index in [4.69, 9.17) is 0 Å². The van der Waals surface area contributed by atoms with Crippen LogP contribution in [-0.2, 0) is 0 Å². The molecule has 0 amide bonds. The lowest BCUT2D eigenvalue weighted by Crippen LogP contribution is -2.41. The molecule has 0 saturated carbocycles. The van der Waals surface area contributed by atoms with Crippen molar-refractivity contribution in [3.05, 3.63) is 42.0 Å². The Morgan fingerprint density at radius 3 is 2.88 bits per heavy atom. The SMILES string of the molecule is c1ccc(-c2csc3ncnc(N[C@@H]4CCN5CCCC[C@H]45)c23)cc1. The fourth-order valence-corrected chi connectivity index (χ4v) is 5.32. The van der Waals surface area contributed by atoms with Gasteiger partial charge in [0.25, 0.3) is 0 Å². The molecule has 0 unspecified atom stereocenters. The minimum absolute atomic E-state index is 0.502. The second-order valence-corrected chi connectivity index (χ2v) is 7.91. The van der Waals surface area contributed by atoms with E-state index in [1.807, 2.05) is 0 Å². The first-order valence-electron chi connectivity index (χ1n) is 9.18. The molecule has 128 valence electrons. The molecule has 1 N–H and O–H groups in total. The Bertz CT molecular complexity index is 876. The van der Waals surface area contributed by atoms with Crippen molar-refractivity contribution in [2.75, 3.05) is 18.4 Å². The Hall–Kier alpha value is -1.98. The van der Waals surface area contributed by atoms with Crippen LogP contribution in [-0.4, -0.2) is 40.0 Å². The first-order valence-corrected chi connectivity index (χ1v) is 10.1.